The van der Waals surface area contributed by atoms with E-state index in [1.807, 2.05) is 19.1 Å². The molecule has 9 heteroatoms. The van der Waals surface area contributed by atoms with Crippen molar-refractivity contribution in [2.45, 2.75) is 52.9 Å². The molecule has 0 atom stereocenters. The van der Waals surface area contributed by atoms with Crippen molar-refractivity contribution >= 4 is 52.3 Å². The lowest BCUT2D eigenvalue weighted by atomic mass is 10.1. The monoisotopic (exact) mass is 525 g/mol. The zero-order valence-electron chi connectivity index (χ0n) is 18.8. The molecule has 0 heterocycles. The maximum atomic E-state index is 6.07. The molecule has 0 radical (unpaired) electrons. The van der Waals surface area contributed by atoms with E-state index in [-0.39, 0.29) is 15.6 Å². The van der Waals surface area contributed by atoms with Gasteiger partial charge in [-0.2, -0.15) is 0 Å². The van der Waals surface area contributed by atoms with Crippen molar-refractivity contribution in [1.29, 1.82) is 0 Å². The second-order valence-electron chi connectivity index (χ2n) is 6.90. The van der Waals surface area contributed by atoms with Crippen LogP contribution in [0.1, 0.15) is 50.7 Å². The Morgan fingerprint density at radius 3 is 2.22 bits per heavy atom. The normalized spacial score (nSPS) is 11.0. The highest BCUT2D eigenvalue weighted by Crippen LogP contribution is 2.30. The molecule has 0 saturated carbocycles. The average molecular weight is 527 g/mol. The number of unbranched alkanes of at least 4 members (excludes halogenated alkanes) is 3. The SMILES string of the molecule is CCc1cc(OCC=C(Cl)Cl)cc(C)c1OCCCCCCOC(C)=NOCC=C(Cl)Cl. The molecular weight excluding hydrogens is 496 g/mol. The van der Waals surface area contributed by atoms with Crippen LogP contribution in [0, 0.1) is 6.92 Å². The number of aryl methyl sites for hydroxylation is 2. The predicted octanol–water partition coefficient (Wildman–Crippen LogP) is 7.88. The molecule has 0 amide bonds. The Bertz CT molecular complexity index is 774. The van der Waals surface area contributed by atoms with E-state index in [0.29, 0.717) is 25.7 Å². The van der Waals surface area contributed by atoms with Crippen LogP contribution in [0.15, 0.2) is 38.4 Å². The Hall–Kier alpha value is -1.27. The van der Waals surface area contributed by atoms with Gasteiger partial charge in [0.15, 0.2) is 0 Å². The molecule has 0 saturated heterocycles. The van der Waals surface area contributed by atoms with Gasteiger partial charge in [0, 0.05) is 6.92 Å². The molecule has 5 nitrogen and oxygen atoms in total. The van der Waals surface area contributed by atoms with E-state index >= 15 is 0 Å². The minimum atomic E-state index is 0.149. The fourth-order valence-electron chi connectivity index (χ4n) is 2.77. The van der Waals surface area contributed by atoms with E-state index in [0.717, 1.165) is 54.7 Å². The fourth-order valence-corrected chi connectivity index (χ4v) is 3.02. The molecule has 0 aromatic heterocycles. The minimum absolute atomic E-state index is 0.149. The molecule has 0 aliphatic heterocycles. The minimum Gasteiger partial charge on any atom is -0.493 e. The summed E-state index contributed by atoms with van der Waals surface area (Å²) in [6.45, 7) is 7.67. The highest BCUT2D eigenvalue weighted by Gasteiger charge is 2.09. The first-order valence-corrected chi connectivity index (χ1v) is 12.1. The molecule has 1 aromatic carbocycles. The molecule has 0 bridgehead atoms. The lowest BCUT2D eigenvalue weighted by Gasteiger charge is -2.15. The van der Waals surface area contributed by atoms with Gasteiger partial charge in [-0.1, -0.05) is 58.5 Å². The summed E-state index contributed by atoms with van der Waals surface area (Å²) >= 11 is 22.2. The van der Waals surface area contributed by atoms with E-state index in [9.17, 15) is 0 Å². The summed E-state index contributed by atoms with van der Waals surface area (Å²) in [5.41, 5.74) is 2.17. The van der Waals surface area contributed by atoms with Crippen molar-refractivity contribution < 1.29 is 19.0 Å². The Balaban J connectivity index is 2.28. The summed E-state index contributed by atoms with van der Waals surface area (Å²) in [6, 6.07) is 3.97. The maximum Gasteiger partial charge on any atom is 0.222 e. The first kappa shape index (κ1) is 28.8. The van der Waals surface area contributed by atoms with Crippen LogP contribution in [0.5, 0.6) is 11.5 Å². The largest absolute Gasteiger partial charge is 0.493 e. The van der Waals surface area contributed by atoms with E-state index in [1.165, 1.54) is 6.08 Å². The van der Waals surface area contributed by atoms with Gasteiger partial charge in [-0.25, -0.2) is 0 Å². The number of ether oxygens (including phenoxy) is 3. The number of hydrogen-bond acceptors (Lipinski definition) is 5. The summed E-state index contributed by atoms with van der Waals surface area (Å²) < 4.78 is 17.6. The van der Waals surface area contributed by atoms with Crippen molar-refractivity contribution in [2.24, 2.45) is 5.16 Å². The van der Waals surface area contributed by atoms with E-state index in [1.54, 1.807) is 13.0 Å². The molecule has 32 heavy (non-hydrogen) atoms. The first-order valence-electron chi connectivity index (χ1n) is 10.5. The standard InChI is InChI=1S/C23H31Cl4NO4/c1-4-19-16-20(30-13-9-21(24)25)15-17(2)23(19)31-12-8-6-5-7-11-29-18(3)28-32-14-10-22(26)27/h9-10,15-16H,4-8,11-14H2,1-3H3. The zero-order chi connectivity index (χ0) is 23.8. The van der Waals surface area contributed by atoms with Crippen LogP contribution < -0.4 is 9.47 Å². The topological polar surface area (TPSA) is 49.3 Å². The van der Waals surface area contributed by atoms with Crippen LogP contribution in [-0.4, -0.2) is 32.3 Å². The van der Waals surface area contributed by atoms with Gasteiger partial charge in [-0.3, -0.25) is 0 Å². The molecule has 0 unspecified atom stereocenters. The molecule has 0 spiro atoms. The number of halogens is 4. The number of oxime groups is 1. The Morgan fingerprint density at radius 1 is 0.906 bits per heavy atom. The van der Waals surface area contributed by atoms with Crippen LogP contribution in [0.25, 0.3) is 0 Å². The Morgan fingerprint density at radius 2 is 1.56 bits per heavy atom. The van der Waals surface area contributed by atoms with Crippen molar-refractivity contribution in [3.05, 3.63) is 44.4 Å². The van der Waals surface area contributed by atoms with E-state index in [2.05, 4.69) is 12.1 Å². The second kappa shape index (κ2) is 17.2. The maximum absolute atomic E-state index is 6.07. The molecule has 0 aliphatic rings. The van der Waals surface area contributed by atoms with Gasteiger partial charge >= 0.3 is 0 Å². The Kier molecular flexibility index (Phi) is 15.5. The summed E-state index contributed by atoms with van der Waals surface area (Å²) in [6.07, 6.45) is 7.99. The zero-order valence-corrected chi connectivity index (χ0v) is 21.8. The molecule has 0 aliphatic carbocycles. The van der Waals surface area contributed by atoms with Gasteiger partial charge < -0.3 is 19.0 Å². The van der Waals surface area contributed by atoms with Crippen molar-refractivity contribution in [1.82, 2.24) is 0 Å². The summed E-state index contributed by atoms with van der Waals surface area (Å²) in [7, 11) is 0. The van der Waals surface area contributed by atoms with Crippen LogP contribution in [0.4, 0.5) is 0 Å². The molecular formula is C23H31Cl4NO4. The summed E-state index contributed by atoms with van der Waals surface area (Å²) in [5, 5.41) is 3.82. The van der Waals surface area contributed by atoms with Gasteiger partial charge in [-0.05, 0) is 74.4 Å². The third-order valence-electron chi connectivity index (χ3n) is 4.29. The molecule has 1 rings (SSSR count). The number of hydrogen-bond donors (Lipinski definition) is 0. The van der Waals surface area contributed by atoms with Gasteiger partial charge in [0.05, 0.1) is 13.2 Å². The van der Waals surface area contributed by atoms with Crippen molar-refractivity contribution in [3.63, 3.8) is 0 Å². The van der Waals surface area contributed by atoms with Crippen molar-refractivity contribution in [3.8, 4) is 11.5 Å². The Labute approximate surface area is 211 Å². The second-order valence-corrected chi connectivity index (χ2v) is 8.91. The van der Waals surface area contributed by atoms with Crippen LogP contribution in [-0.2, 0) is 16.0 Å². The van der Waals surface area contributed by atoms with Crippen LogP contribution in [0.2, 0.25) is 0 Å². The highest BCUT2D eigenvalue weighted by molar-refractivity contribution is 6.56. The predicted molar refractivity (Wildman–Crippen MR) is 135 cm³/mol. The molecule has 180 valence electrons. The lowest BCUT2D eigenvalue weighted by Crippen LogP contribution is -2.04. The van der Waals surface area contributed by atoms with Gasteiger partial charge in [0.25, 0.3) is 0 Å². The number of nitrogens with zero attached hydrogens (tertiary/aromatic N) is 1. The van der Waals surface area contributed by atoms with Gasteiger partial charge in [0.2, 0.25) is 5.90 Å². The highest BCUT2D eigenvalue weighted by atomic mass is 35.5. The lowest BCUT2D eigenvalue weighted by molar-refractivity contribution is 0.157. The van der Waals surface area contributed by atoms with Gasteiger partial charge in [-0.15, -0.1) is 0 Å². The molecule has 0 N–H and O–H groups in total. The third-order valence-corrected chi connectivity index (χ3v) is 4.91. The average Bonchev–Trinajstić information content (AvgIpc) is 2.73. The van der Waals surface area contributed by atoms with E-state index in [4.69, 9.17) is 65.5 Å². The van der Waals surface area contributed by atoms with Gasteiger partial charge in [0.1, 0.15) is 33.7 Å². The quantitative estimate of drug-likeness (QED) is 0.101. The first-order chi connectivity index (χ1) is 15.3. The summed E-state index contributed by atoms with van der Waals surface area (Å²) in [4.78, 5) is 5.00. The van der Waals surface area contributed by atoms with Crippen LogP contribution in [0.3, 0.4) is 0 Å². The number of rotatable bonds is 15. The molecule has 1 aromatic rings. The smallest absolute Gasteiger partial charge is 0.222 e. The summed E-state index contributed by atoms with van der Waals surface area (Å²) in [5.74, 6) is 2.19. The van der Waals surface area contributed by atoms with E-state index < -0.39 is 0 Å². The van der Waals surface area contributed by atoms with Crippen LogP contribution >= 0.6 is 46.4 Å². The molecule has 0 fully saturated rings. The fraction of sp³-hybridized carbons (Fsp3) is 0.522. The van der Waals surface area contributed by atoms with Crippen molar-refractivity contribution in [2.75, 3.05) is 26.4 Å². The third kappa shape index (κ3) is 13.3. The number of benzene rings is 1.